The van der Waals surface area contributed by atoms with Crippen LogP contribution >= 0.6 is 11.8 Å². The van der Waals surface area contributed by atoms with Crippen LogP contribution in [0.5, 0.6) is 0 Å². The van der Waals surface area contributed by atoms with Crippen LogP contribution in [-0.2, 0) is 4.79 Å². The van der Waals surface area contributed by atoms with E-state index in [0.717, 1.165) is 24.4 Å². The zero-order chi connectivity index (χ0) is 13.4. The minimum absolute atomic E-state index is 0.0493. The van der Waals surface area contributed by atoms with Crippen molar-refractivity contribution in [2.75, 3.05) is 27.2 Å². The van der Waals surface area contributed by atoms with Gasteiger partial charge in [-0.2, -0.15) is 0 Å². The van der Waals surface area contributed by atoms with Gasteiger partial charge in [-0.05, 0) is 46.1 Å². The predicted octanol–water partition coefficient (Wildman–Crippen LogP) is 2.24. The third-order valence-electron chi connectivity index (χ3n) is 2.51. The molecule has 100 valence electrons. The first-order valence-corrected chi connectivity index (χ1v) is 7.11. The van der Waals surface area contributed by atoms with Crippen molar-refractivity contribution in [1.82, 2.24) is 10.2 Å². The first-order chi connectivity index (χ1) is 8.59. The van der Waals surface area contributed by atoms with E-state index in [1.165, 1.54) is 0 Å². The SMILES string of the molecule is C[C@@H](Sc1ccccc1)C(=O)NCCCN(C)C. The van der Waals surface area contributed by atoms with Gasteiger partial charge in [-0.25, -0.2) is 0 Å². The van der Waals surface area contributed by atoms with Crippen LogP contribution in [0.4, 0.5) is 0 Å². The van der Waals surface area contributed by atoms with Crippen molar-refractivity contribution in [3.05, 3.63) is 30.3 Å². The number of hydrogen-bond acceptors (Lipinski definition) is 3. The van der Waals surface area contributed by atoms with Gasteiger partial charge < -0.3 is 10.2 Å². The van der Waals surface area contributed by atoms with Gasteiger partial charge in [-0.15, -0.1) is 11.8 Å². The van der Waals surface area contributed by atoms with E-state index in [9.17, 15) is 4.79 Å². The zero-order valence-corrected chi connectivity index (χ0v) is 12.2. The van der Waals surface area contributed by atoms with Gasteiger partial charge in [0.1, 0.15) is 0 Å². The first kappa shape index (κ1) is 15.1. The van der Waals surface area contributed by atoms with Crippen molar-refractivity contribution in [1.29, 1.82) is 0 Å². The Hall–Kier alpha value is -1.00. The minimum Gasteiger partial charge on any atom is -0.355 e. The monoisotopic (exact) mass is 266 g/mol. The second-order valence-electron chi connectivity index (χ2n) is 4.52. The lowest BCUT2D eigenvalue weighted by Crippen LogP contribution is -2.32. The highest BCUT2D eigenvalue weighted by Gasteiger charge is 2.13. The van der Waals surface area contributed by atoms with Gasteiger partial charge in [0.2, 0.25) is 5.91 Å². The zero-order valence-electron chi connectivity index (χ0n) is 11.3. The molecule has 18 heavy (non-hydrogen) atoms. The standard InChI is InChI=1S/C14H22N2OS/c1-12(18-13-8-5-4-6-9-13)14(17)15-10-7-11-16(2)3/h4-6,8-9,12H,7,10-11H2,1-3H3,(H,15,17)/t12-/m1/s1. The number of thioether (sulfide) groups is 1. The molecule has 1 N–H and O–H groups in total. The molecular weight excluding hydrogens is 244 g/mol. The molecule has 1 rings (SSSR count). The normalized spacial score (nSPS) is 12.4. The van der Waals surface area contributed by atoms with Crippen molar-refractivity contribution >= 4 is 17.7 Å². The van der Waals surface area contributed by atoms with E-state index in [1.54, 1.807) is 11.8 Å². The Balaban J connectivity index is 2.25. The molecule has 1 aromatic carbocycles. The number of carbonyl (C=O) groups excluding carboxylic acids is 1. The molecule has 0 heterocycles. The Morgan fingerprint density at radius 3 is 2.61 bits per heavy atom. The van der Waals surface area contributed by atoms with Crippen molar-refractivity contribution in [3.8, 4) is 0 Å². The molecule has 0 fully saturated rings. The summed E-state index contributed by atoms with van der Waals surface area (Å²) in [5.41, 5.74) is 0. The van der Waals surface area contributed by atoms with Crippen LogP contribution in [0.2, 0.25) is 0 Å². The second-order valence-corrected chi connectivity index (χ2v) is 5.94. The fourth-order valence-electron chi connectivity index (χ4n) is 1.51. The lowest BCUT2D eigenvalue weighted by Gasteiger charge is -2.13. The molecule has 0 saturated heterocycles. The number of nitrogens with one attached hydrogen (secondary N) is 1. The topological polar surface area (TPSA) is 32.3 Å². The van der Waals surface area contributed by atoms with Crippen LogP contribution in [0.15, 0.2) is 35.2 Å². The summed E-state index contributed by atoms with van der Waals surface area (Å²) in [4.78, 5) is 15.1. The third kappa shape index (κ3) is 6.07. The molecule has 0 saturated carbocycles. The molecule has 0 aliphatic carbocycles. The maximum Gasteiger partial charge on any atom is 0.233 e. The summed E-state index contributed by atoms with van der Waals surface area (Å²) in [5, 5.41) is 2.92. The number of benzene rings is 1. The molecule has 1 atom stereocenters. The maximum atomic E-state index is 11.8. The van der Waals surface area contributed by atoms with E-state index in [2.05, 4.69) is 10.2 Å². The van der Waals surface area contributed by atoms with Crippen LogP contribution in [0.3, 0.4) is 0 Å². The van der Waals surface area contributed by atoms with Crippen molar-refractivity contribution in [2.24, 2.45) is 0 Å². The van der Waals surface area contributed by atoms with Crippen LogP contribution < -0.4 is 5.32 Å². The van der Waals surface area contributed by atoms with Crippen molar-refractivity contribution in [2.45, 2.75) is 23.5 Å². The van der Waals surface area contributed by atoms with E-state index in [0.29, 0.717) is 0 Å². The highest BCUT2D eigenvalue weighted by Crippen LogP contribution is 2.22. The summed E-state index contributed by atoms with van der Waals surface area (Å²) >= 11 is 1.59. The smallest absolute Gasteiger partial charge is 0.233 e. The van der Waals surface area contributed by atoms with E-state index in [-0.39, 0.29) is 11.2 Å². The molecule has 1 amide bonds. The highest BCUT2D eigenvalue weighted by atomic mass is 32.2. The summed E-state index contributed by atoms with van der Waals surface area (Å²) in [6.45, 7) is 3.69. The Morgan fingerprint density at radius 1 is 1.33 bits per heavy atom. The number of hydrogen-bond donors (Lipinski definition) is 1. The Morgan fingerprint density at radius 2 is 2.00 bits per heavy atom. The Bertz CT molecular complexity index is 354. The van der Waals surface area contributed by atoms with E-state index < -0.39 is 0 Å². The summed E-state index contributed by atoms with van der Waals surface area (Å²) in [7, 11) is 4.07. The summed E-state index contributed by atoms with van der Waals surface area (Å²) in [5.74, 6) is 0.114. The molecule has 0 radical (unpaired) electrons. The van der Waals surface area contributed by atoms with Gasteiger partial charge in [0.05, 0.1) is 5.25 Å². The fraction of sp³-hybridized carbons (Fsp3) is 0.500. The molecular formula is C14H22N2OS. The number of amides is 1. The largest absolute Gasteiger partial charge is 0.355 e. The number of nitrogens with zero attached hydrogens (tertiary/aromatic N) is 1. The molecule has 0 bridgehead atoms. The van der Waals surface area contributed by atoms with Gasteiger partial charge in [-0.3, -0.25) is 4.79 Å². The predicted molar refractivity (Wildman–Crippen MR) is 77.9 cm³/mol. The van der Waals surface area contributed by atoms with Crippen molar-refractivity contribution in [3.63, 3.8) is 0 Å². The van der Waals surface area contributed by atoms with Gasteiger partial charge in [0.15, 0.2) is 0 Å². The third-order valence-corrected chi connectivity index (χ3v) is 3.62. The summed E-state index contributed by atoms with van der Waals surface area (Å²) < 4.78 is 0. The van der Waals surface area contributed by atoms with E-state index in [4.69, 9.17) is 0 Å². The van der Waals surface area contributed by atoms with Gasteiger partial charge in [0, 0.05) is 11.4 Å². The molecule has 0 aromatic heterocycles. The molecule has 4 heteroatoms. The van der Waals surface area contributed by atoms with E-state index in [1.807, 2.05) is 51.4 Å². The number of rotatable bonds is 7. The summed E-state index contributed by atoms with van der Waals surface area (Å²) in [6, 6.07) is 10.0. The van der Waals surface area contributed by atoms with Crippen LogP contribution in [0.1, 0.15) is 13.3 Å². The quantitative estimate of drug-likeness (QED) is 0.607. The average molecular weight is 266 g/mol. The molecule has 0 aliphatic rings. The maximum absolute atomic E-state index is 11.8. The van der Waals surface area contributed by atoms with Crippen LogP contribution in [0.25, 0.3) is 0 Å². The van der Waals surface area contributed by atoms with Gasteiger partial charge in [-0.1, -0.05) is 18.2 Å². The molecule has 0 unspecified atom stereocenters. The van der Waals surface area contributed by atoms with Crippen LogP contribution in [0, 0.1) is 0 Å². The first-order valence-electron chi connectivity index (χ1n) is 6.23. The lowest BCUT2D eigenvalue weighted by atomic mass is 10.3. The molecule has 3 nitrogen and oxygen atoms in total. The Kier molecular flexibility index (Phi) is 6.83. The average Bonchev–Trinajstić information content (AvgIpc) is 2.35. The lowest BCUT2D eigenvalue weighted by molar-refractivity contribution is -0.120. The summed E-state index contributed by atoms with van der Waals surface area (Å²) in [6.07, 6.45) is 0.988. The molecule has 1 aromatic rings. The van der Waals surface area contributed by atoms with Crippen molar-refractivity contribution < 1.29 is 4.79 Å². The Labute approximate surface area is 114 Å². The fourth-order valence-corrected chi connectivity index (χ4v) is 2.42. The molecule has 0 spiro atoms. The van der Waals surface area contributed by atoms with E-state index >= 15 is 0 Å². The van der Waals surface area contributed by atoms with Gasteiger partial charge >= 0.3 is 0 Å². The second kappa shape index (κ2) is 8.16. The minimum atomic E-state index is -0.0493. The number of carbonyl (C=O) groups is 1. The van der Waals surface area contributed by atoms with Crippen LogP contribution in [-0.4, -0.2) is 43.2 Å². The molecule has 0 aliphatic heterocycles. The highest BCUT2D eigenvalue weighted by molar-refractivity contribution is 8.00. The van der Waals surface area contributed by atoms with Gasteiger partial charge in [0.25, 0.3) is 0 Å².